The number of methoxy groups -OCH3 is 1. The van der Waals surface area contributed by atoms with Crippen molar-refractivity contribution in [3.63, 3.8) is 0 Å². The first-order valence-corrected chi connectivity index (χ1v) is 8.93. The maximum Gasteiger partial charge on any atom is 0.191 e. The lowest BCUT2D eigenvalue weighted by Crippen LogP contribution is -2.38. The molecule has 5 nitrogen and oxygen atoms in total. The van der Waals surface area contributed by atoms with E-state index in [4.69, 9.17) is 9.47 Å². The summed E-state index contributed by atoms with van der Waals surface area (Å²) < 4.78 is 10.6. The molecule has 26 heavy (non-hydrogen) atoms. The average Bonchev–Trinajstić information content (AvgIpc) is 2.65. The molecule has 0 saturated carbocycles. The third-order valence-electron chi connectivity index (χ3n) is 3.84. The summed E-state index contributed by atoms with van der Waals surface area (Å²) in [5.74, 6) is 1.72. The number of fused-ring (bicyclic) bond motifs is 1. The summed E-state index contributed by atoms with van der Waals surface area (Å²) in [6.07, 6.45) is 0.968. The van der Waals surface area contributed by atoms with Crippen molar-refractivity contribution in [2.24, 2.45) is 4.99 Å². The average molecular weight is 471 g/mol. The number of hydrogen-bond donors (Lipinski definition) is 2. The summed E-state index contributed by atoms with van der Waals surface area (Å²) in [5.41, 5.74) is 1.18. The third-order valence-corrected chi connectivity index (χ3v) is 3.84. The van der Waals surface area contributed by atoms with Gasteiger partial charge in [-0.2, -0.15) is 0 Å². The summed E-state index contributed by atoms with van der Waals surface area (Å²) in [5, 5.41) is 8.99. The van der Waals surface area contributed by atoms with Gasteiger partial charge in [0, 0.05) is 26.3 Å². The summed E-state index contributed by atoms with van der Waals surface area (Å²) in [6.45, 7) is 7.96. The molecule has 0 fully saturated rings. The number of guanidine groups is 1. The standard InChI is InChI=1S/C20H29N3O2.HI/c1-4-21-20(22-11-6-12-25-5-2)23-15-16-7-8-18-14-19(24-3)10-9-17(18)13-16;/h7-10,13-14H,4-6,11-12,15H2,1-3H3,(H2,21,22,23);1H. The Kier molecular flexibility index (Phi) is 11.0. The van der Waals surface area contributed by atoms with Gasteiger partial charge in [-0.05, 0) is 54.8 Å². The van der Waals surface area contributed by atoms with Crippen LogP contribution in [0.4, 0.5) is 0 Å². The number of ether oxygens (including phenoxy) is 2. The number of nitrogens with one attached hydrogen (secondary N) is 2. The molecular weight excluding hydrogens is 441 g/mol. The fraction of sp³-hybridized carbons (Fsp3) is 0.450. The molecular formula is C20H30IN3O2. The van der Waals surface area contributed by atoms with Crippen molar-refractivity contribution < 1.29 is 9.47 Å². The molecule has 0 aliphatic rings. The zero-order chi connectivity index (χ0) is 17.9. The van der Waals surface area contributed by atoms with Crippen molar-refractivity contribution in [3.8, 4) is 5.75 Å². The molecule has 0 aliphatic heterocycles. The maximum atomic E-state index is 5.35. The summed E-state index contributed by atoms with van der Waals surface area (Å²) in [6, 6.07) is 12.5. The number of rotatable bonds is 9. The zero-order valence-electron chi connectivity index (χ0n) is 15.9. The minimum Gasteiger partial charge on any atom is -0.497 e. The molecule has 0 heterocycles. The molecule has 0 atom stereocenters. The molecule has 0 saturated heterocycles. The van der Waals surface area contributed by atoms with E-state index in [1.54, 1.807) is 7.11 Å². The molecule has 0 radical (unpaired) electrons. The quantitative estimate of drug-likeness (QED) is 0.252. The fourth-order valence-electron chi connectivity index (χ4n) is 2.54. The Hall–Kier alpha value is -1.54. The SMILES string of the molecule is CCNC(=NCc1ccc2cc(OC)ccc2c1)NCCCOCC.I. The monoisotopic (exact) mass is 471 g/mol. The van der Waals surface area contributed by atoms with Crippen molar-refractivity contribution in [2.45, 2.75) is 26.8 Å². The van der Waals surface area contributed by atoms with Crippen LogP contribution in [0.5, 0.6) is 5.75 Å². The van der Waals surface area contributed by atoms with Crippen LogP contribution < -0.4 is 15.4 Å². The van der Waals surface area contributed by atoms with E-state index < -0.39 is 0 Å². The fourth-order valence-corrected chi connectivity index (χ4v) is 2.54. The minimum absolute atomic E-state index is 0. The topological polar surface area (TPSA) is 54.9 Å². The van der Waals surface area contributed by atoms with E-state index in [1.165, 1.54) is 16.3 Å². The smallest absolute Gasteiger partial charge is 0.191 e. The summed E-state index contributed by atoms with van der Waals surface area (Å²) in [4.78, 5) is 4.67. The van der Waals surface area contributed by atoms with Crippen molar-refractivity contribution in [2.75, 3.05) is 33.4 Å². The van der Waals surface area contributed by atoms with Gasteiger partial charge >= 0.3 is 0 Å². The molecule has 2 rings (SSSR count). The van der Waals surface area contributed by atoms with Gasteiger partial charge in [-0.1, -0.05) is 18.2 Å². The van der Waals surface area contributed by atoms with Crippen molar-refractivity contribution in [1.29, 1.82) is 0 Å². The van der Waals surface area contributed by atoms with Gasteiger partial charge < -0.3 is 20.1 Å². The van der Waals surface area contributed by atoms with Crippen LogP contribution in [0.25, 0.3) is 10.8 Å². The molecule has 2 N–H and O–H groups in total. The van der Waals surface area contributed by atoms with Crippen LogP contribution in [0.2, 0.25) is 0 Å². The van der Waals surface area contributed by atoms with E-state index in [9.17, 15) is 0 Å². The van der Waals surface area contributed by atoms with Crippen LogP contribution in [-0.4, -0.2) is 39.4 Å². The molecule has 0 bridgehead atoms. The van der Waals surface area contributed by atoms with Gasteiger partial charge in [0.15, 0.2) is 5.96 Å². The van der Waals surface area contributed by atoms with Gasteiger partial charge in [-0.3, -0.25) is 0 Å². The Balaban J connectivity index is 0.00000338. The Morgan fingerprint density at radius 1 is 1.04 bits per heavy atom. The van der Waals surface area contributed by atoms with Crippen LogP contribution in [0.3, 0.4) is 0 Å². The lowest BCUT2D eigenvalue weighted by Gasteiger charge is -2.11. The van der Waals surface area contributed by atoms with Gasteiger partial charge in [-0.25, -0.2) is 4.99 Å². The summed E-state index contributed by atoms with van der Waals surface area (Å²) >= 11 is 0. The van der Waals surface area contributed by atoms with Gasteiger partial charge in [0.1, 0.15) is 5.75 Å². The van der Waals surface area contributed by atoms with E-state index in [-0.39, 0.29) is 24.0 Å². The predicted octanol–water partition coefficient (Wildman–Crippen LogP) is 3.95. The highest BCUT2D eigenvalue weighted by Gasteiger charge is 2.01. The van der Waals surface area contributed by atoms with E-state index in [1.807, 2.05) is 19.1 Å². The van der Waals surface area contributed by atoms with Crippen LogP contribution >= 0.6 is 24.0 Å². The third kappa shape index (κ3) is 7.37. The second-order valence-electron chi connectivity index (χ2n) is 5.72. The number of halogens is 1. The molecule has 0 spiro atoms. The van der Waals surface area contributed by atoms with Gasteiger partial charge in [0.05, 0.1) is 13.7 Å². The first kappa shape index (κ1) is 22.5. The normalized spacial score (nSPS) is 11.1. The van der Waals surface area contributed by atoms with E-state index in [2.05, 4.69) is 46.8 Å². The molecule has 144 valence electrons. The van der Waals surface area contributed by atoms with E-state index >= 15 is 0 Å². The van der Waals surface area contributed by atoms with Crippen LogP contribution in [0.1, 0.15) is 25.8 Å². The molecule has 0 aromatic heterocycles. The van der Waals surface area contributed by atoms with Crippen LogP contribution in [-0.2, 0) is 11.3 Å². The minimum atomic E-state index is 0. The first-order chi connectivity index (χ1) is 12.3. The van der Waals surface area contributed by atoms with Crippen molar-refractivity contribution >= 4 is 40.7 Å². The maximum absolute atomic E-state index is 5.35. The Labute approximate surface area is 173 Å². The predicted molar refractivity (Wildman–Crippen MR) is 120 cm³/mol. The Bertz CT molecular complexity index is 692. The van der Waals surface area contributed by atoms with E-state index in [0.29, 0.717) is 6.54 Å². The number of hydrogen-bond acceptors (Lipinski definition) is 3. The van der Waals surface area contributed by atoms with Crippen molar-refractivity contribution in [3.05, 3.63) is 42.0 Å². The molecule has 0 unspecified atom stereocenters. The van der Waals surface area contributed by atoms with Crippen LogP contribution in [0.15, 0.2) is 41.4 Å². The lowest BCUT2D eigenvalue weighted by molar-refractivity contribution is 0.145. The largest absolute Gasteiger partial charge is 0.497 e. The molecule has 2 aromatic rings. The Morgan fingerprint density at radius 3 is 2.54 bits per heavy atom. The highest BCUT2D eigenvalue weighted by molar-refractivity contribution is 14.0. The van der Waals surface area contributed by atoms with Crippen LogP contribution in [0, 0.1) is 0 Å². The van der Waals surface area contributed by atoms with Gasteiger partial charge in [-0.15, -0.1) is 24.0 Å². The lowest BCUT2D eigenvalue weighted by atomic mass is 10.1. The molecule has 2 aromatic carbocycles. The van der Waals surface area contributed by atoms with Gasteiger partial charge in [0.25, 0.3) is 0 Å². The van der Waals surface area contributed by atoms with E-state index in [0.717, 1.165) is 44.4 Å². The van der Waals surface area contributed by atoms with Gasteiger partial charge in [0.2, 0.25) is 0 Å². The zero-order valence-corrected chi connectivity index (χ0v) is 18.2. The highest BCUT2D eigenvalue weighted by atomic mass is 127. The van der Waals surface area contributed by atoms with Crippen molar-refractivity contribution in [1.82, 2.24) is 10.6 Å². The number of aliphatic imine (C=N–C) groups is 1. The molecule has 0 aliphatic carbocycles. The number of nitrogens with zero attached hydrogens (tertiary/aromatic N) is 1. The highest BCUT2D eigenvalue weighted by Crippen LogP contribution is 2.22. The Morgan fingerprint density at radius 2 is 1.81 bits per heavy atom. The second kappa shape index (κ2) is 12.8. The molecule has 0 amide bonds. The second-order valence-corrected chi connectivity index (χ2v) is 5.72. The number of benzene rings is 2. The molecule has 6 heteroatoms. The summed E-state index contributed by atoms with van der Waals surface area (Å²) in [7, 11) is 1.69. The first-order valence-electron chi connectivity index (χ1n) is 8.93.